The van der Waals surface area contributed by atoms with Gasteiger partial charge in [0, 0.05) is 17.7 Å². The molecule has 0 unspecified atom stereocenters. The fraction of sp³-hybridized carbons (Fsp3) is 0.182. The Balaban J connectivity index is 2.20. The third-order valence-electron chi connectivity index (χ3n) is 2.17. The van der Waals surface area contributed by atoms with Crippen LogP contribution in [0.3, 0.4) is 0 Å². The van der Waals surface area contributed by atoms with Gasteiger partial charge in [-0.1, -0.05) is 0 Å². The summed E-state index contributed by atoms with van der Waals surface area (Å²) in [6.07, 6.45) is 3.44. The van der Waals surface area contributed by atoms with Crippen LogP contribution in [0, 0.1) is 0 Å². The van der Waals surface area contributed by atoms with Crippen molar-refractivity contribution in [3.8, 4) is 0 Å². The Hall–Kier alpha value is -0.810. The molecule has 3 nitrogen and oxygen atoms in total. The van der Waals surface area contributed by atoms with E-state index in [4.69, 9.17) is 4.42 Å². The van der Waals surface area contributed by atoms with Gasteiger partial charge >= 0.3 is 0 Å². The zero-order valence-corrected chi connectivity index (χ0v) is 11.8. The lowest BCUT2D eigenvalue weighted by Crippen LogP contribution is -2.16. The maximum absolute atomic E-state index is 5.31. The molecule has 84 valence electrons. The molecule has 0 N–H and O–H groups in total. The standard InChI is InChI=1S/C11H10Br2N2O/c1-15(7-9-3-2-4-16-9)10-5-8(12)6-14-11(10)13/h2-6H,7H2,1H3. The number of pyridine rings is 1. The average molecular weight is 346 g/mol. The topological polar surface area (TPSA) is 29.3 Å². The largest absolute Gasteiger partial charge is 0.467 e. The summed E-state index contributed by atoms with van der Waals surface area (Å²) >= 11 is 6.84. The van der Waals surface area contributed by atoms with Crippen LogP contribution in [0.4, 0.5) is 5.69 Å². The highest BCUT2D eigenvalue weighted by Gasteiger charge is 2.09. The van der Waals surface area contributed by atoms with Crippen LogP contribution in [0.2, 0.25) is 0 Å². The zero-order valence-electron chi connectivity index (χ0n) is 8.65. The van der Waals surface area contributed by atoms with Crippen LogP contribution >= 0.6 is 31.9 Å². The number of furan rings is 1. The van der Waals surface area contributed by atoms with Gasteiger partial charge < -0.3 is 9.32 Å². The highest BCUT2D eigenvalue weighted by molar-refractivity contribution is 9.11. The monoisotopic (exact) mass is 344 g/mol. The minimum atomic E-state index is 0.712. The zero-order chi connectivity index (χ0) is 11.5. The normalized spacial score (nSPS) is 10.4. The number of rotatable bonds is 3. The van der Waals surface area contributed by atoms with E-state index in [-0.39, 0.29) is 0 Å². The smallest absolute Gasteiger partial charge is 0.129 e. The number of hydrogen-bond donors (Lipinski definition) is 0. The Morgan fingerprint density at radius 3 is 2.94 bits per heavy atom. The fourth-order valence-electron chi connectivity index (χ4n) is 1.40. The first-order valence-corrected chi connectivity index (χ1v) is 6.30. The highest BCUT2D eigenvalue weighted by Crippen LogP contribution is 2.27. The van der Waals surface area contributed by atoms with E-state index in [0.717, 1.165) is 20.5 Å². The number of anilines is 1. The van der Waals surface area contributed by atoms with Gasteiger partial charge in [-0.25, -0.2) is 4.98 Å². The molecule has 16 heavy (non-hydrogen) atoms. The molecule has 0 radical (unpaired) electrons. The van der Waals surface area contributed by atoms with Crippen molar-refractivity contribution in [2.24, 2.45) is 0 Å². The van der Waals surface area contributed by atoms with Crippen LogP contribution in [0.25, 0.3) is 0 Å². The summed E-state index contributed by atoms with van der Waals surface area (Å²) < 4.78 is 7.09. The molecular weight excluding hydrogens is 336 g/mol. The average Bonchev–Trinajstić information content (AvgIpc) is 2.74. The van der Waals surface area contributed by atoms with Crippen LogP contribution in [0.5, 0.6) is 0 Å². The fourth-order valence-corrected chi connectivity index (χ4v) is 2.24. The van der Waals surface area contributed by atoms with E-state index in [0.29, 0.717) is 6.54 Å². The first kappa shape index (κ1) is 11.7. The Bertz CT molecular complexity index is 471. The van der Waals surface area contributed by atoms with Gasteiger partial charge in [0.25, 0.3) is 0 Å². The molecular formula is C11H10Br2N2O. The number of aromatic nitrogens is 1. The summed E-state index contributed by atoms with van der Waals surface area (Å²) in [7, 11) is 2.00. The molecule has 0 saturated carbocycles. The van der Waals surface area contributed by atoms with E-state index in [1.54, 1.807) is 12.5 Å². The van der Waals surface area contributed by atoms with Crippen LogP contribution < -0.4 is 4.90 Å². The Labute approximate surface area is 111 Å². The van der Waals surface area contributed by atoms with Gasteiger partial charge in [0.1, 0.15) is 10.4 Å². The molecule has 0 aliphatic rings. The van der Waals surface area contributed by atoms with Crippen molar-refractivity contribution < 1.29 is 4.42 Å². The van der Waals surface area contributed by atoms with Crippen molar-refractivity contribution in [1.29, 1.82) is 0 Å². The summed E-state index contributed by atoms with van der Waals surface area (Å²) in [6, 6.07) is 5.85. The molecule has 0 aromatic carbocycles. The molecule has 0 bridgehead atoms. The van der Waals surface area contributed by atoms with Gasteiger partial charge in [0.05, 0.1) is 18.5 Å². The molecule has 2 aromatic heterocycles. The molecule has 5 heteroatoms. The molecule has 0 saturated heterocycles. The van der Waals surface area contributed by atoms with Gasteiger partial charge in [-0.05, 0) is 50.1 Å². The first-order valence-electron chi connectivity index (χ1n) is 4.71. The minimum absolute atomic E-state index is 0.712. The molecule has 0 spiro atoms. The van der Waals surface area contributed by atoms with E-state index in [1.807, 2.05) is 25.2 Å². The van der Waals surface area contributed by atoms with E-state index in [9.17, 15) is 0 Å². The Kier molecular flexibility index (Phi) is 3.66. The SMILES string of the molecule is CN(Cc1ccco1)c1cc(Br)cnc1Br. The van der Waals surface area contributed by atoms with Crippen LogP contribution in [0.1, 0.15) is 5.76 Å². The second kappa shape index (κ2) is 5.01. The number of nitrogens with zero attached hydrogens (tertiary/aromatic N) is 2. The Morgan fingerprint density at radius 1 is 1.44 bits per heavy atom. The van der Waals surface area contributed by atoms with Crippen LogP contribution in [-0.2, 0) is 6.54 Å². The molecule has 0 fully saturated rings. The van der Waals surface area contributed by atoms with Crippen LogP contribution in [0.15, 0.2) is 44.2 Å². The van der Waals surface area contributed by atoms with E-state index in [2.05, 4.69) is 41.7 Å². The third-order valence-corrected chi connectivity index (χ3v) is 3.22. The number of halogens is 2. The van der Waals surface area contributed by atoms with Crippen LogP contribution in [-0.4, -0.2) is 12.0 Å². The van der Waals surface area contributed by atoms with Gasteiger partial charge in [-0.2, -0.15) is 0 Å². The summed E-state index contributed by atoms with van der Waals surface area (Å²) in [5.41, 5.74) is 1.02. The first-order chi connectivity index (χ1) is 7.66. The van der Waals surface area contributed by atoms with Crippen molar-refractivity contribution in [3.63, 3.8) is 0 Å². The molecule has 2 heterocycles. The quantitative estimate of drug-likeness (QED) is 0.791. The van der Waals surface area contributed by atoms with Gasteiger partial charge in [0.15, 0.2) is 0 Å². The highest BCUT2D eigenvalue weighted by atomic mass is 79.9. The molecule has 2 rings (SSSR count). The van der Waals surface area contributed by atoms with E-state index < -0.39 is 0 Å². The summed E-state index contributed by atoms with van der Waals surface area (Å²) in [6.45, 7) is 0.712. The lowest BCUT2D eigenvalue weighted by molar-refractivity contribution is 0.507. The van der Waals surface area contributed by atoms with E-state index in [1.165, 1.54) is 0 Å². The van der Waals surface area contributed by atoms with Gasteiger partial charge in [-0.3, -0.25) is 0 Å². The maximum Gasteiger partial charge on any atom is 0.129 e. The second-order valence-electron chi connectivity index (χ2n) is 3.40. The predicted molar refractivity (Wildman–Crippen MR) is 70.5 cm³/mol. The summed E-state index contributed by atoms with van der Waals surface area (Å²) in [4.78, 5) is 6.30. The molecule has 0 amide bonds. The Morgan fingerprint density at radius 2 is 2.25 bits per heavy atom. The molecule has 2 aromatic rings. The lowest BCUT2D eigenvalue weighted by Gasteiger charge is -2.19. The van der Waals surface area contributed by atoms with Crippen molar-refractivity contribution in [2.45, 2.75) is 6.54 Å². The van der Waals surface area contributed by atoms with Crippen molar-refractivity contribution in [1.82, 2.24) is 4.98 Å². The lowest BCUT2D eigenvalue weighted by atomic mass is 10.3. The molecule has 0 aliphatic carbocycles. The maximum atomic E-state index is 5.31. The van der Waals surface area contributed by atoms with Crippen molar-refractivity contribution in [2.75, 3.05) is 11.9 Å². The van der Waals surface area contributed by atoms with E-state index >= 15 is 0 Å². The van der Waals surface area contributed by atoms with Gasteiger partial charge in [-0.15, -0.1) is 0 Å². The predicted octanol–water partition coefficient (Wildman–Crippen LogP) is 3.84. The summed E-state index contributed by atoms with van der Waals surface area (Å²) in [5.74, 6) is 0.925. The summed E-state index contributed by atoms with van der Waals surface area (Å²) in [5, 5.41) is 0. The second-order valence-corrected chi connectivity index (χ2v) is 5.07. The molecule has 0 atom stereocenters. The van der Waals surface area contributed by atoms with Gasteiger partial charge in [0.2, 0.25) is 0 Å². The van der Waals surface area contributed by atoms with Crippen molar-refractivity contribution >= 4 is 37.5 Å². The minimum Gasteiger partial charge on any atom is -0.467 e. The van der Waals surface area contributed by atoms with Crippen molar-refractivity contribution in [3.05, 3.63) is 45.5 Å². The third kappa shape index (κ3) is 2.65. The number of hydrogen-bond acceptors (Lipinski definition) is 3. The molecule has 0 aliphatic heterocycles.